The quantitative estimate of drug-likeness (QED) is 0.757. The van der Waals surface area contributed by atoms with Gasteiger partial charge in [-0.05, 0) is 25.0 Å². The van der Waals surface area contributed by atoms with Gasteiger partial charge < -0.3 is 15.7 Å². The Hall–Kier alpha value is -0.880. The standard InChI is InChI=1S/C11H15N3O2.2ClH/c1-7-2-3-12-6-10(7)14-11(16)9-4-8(15)5-13-9;;/h2-3,6,8-9,13,15H,4-5H2,1H3,(H,14,16);2*1H. The molecule has 0 saturated carbocycles. The van der Waals surface area contributed by atoms with Crippen LogP contribution in [0.1, 0.15) is 12.0 Å². The van der Waals surface area contributed by atoms with E-state index in [4.69, 9.17) is 0 Å². The Labute approximate surface area is 118 Å². The lowest BCUT2D eigenvalue weighted by molar-refractivity contribution is -0.117. The van der Waals surface area contributed by atoms with Crippen molar-refractivity contribution in [3.05, 3.63) is 24.0 Å². The van der Waals surface area contributed by atoms with Crippen LogP contribution in [0.2, 0.25) is 0 Å². The van der Waals surface area contributed by atoms with E-state index in [1.807, 2.05) is 13.0 Å². The summed E-state index contributed by atoms with van der Waals surface area (Å²) in [6, 6.07) is 1.53. The molecule has 102 valence electrons. The number of nitrogens with one attached hydrogen (secondary N) is 2. The Morgan fingerprint density at radius 3 is 2.83 bits per heavy atom. The molecule has 7 heteroatoms. The number of aromatic nitrogens is 1. The van der Waals surface area contributed by atoms with Crippen molar-refractivity contribution in [1.82, 2.24) is 10.3 Å². The predicted molar refractivity (Wildman–Crippen MR) is 74.5 cm³/mol. The van der Waals surface area contributed by atoms with Gasteiger partial charge in [-0.2, -0.15) is 0 Å². The van der Waals surface area contributed by atoms with E-state index in [1.165, 1.54) is 0 Å². The minimum Gasteiger partial charge on any atom is -0.392 e. The Morgan fingerprint density at radius 1 is 1.56 bits per heavy atom. The Kier molecular flexibility index (Phi) is 7.16. The highest BCUT2D eigenvalue weighted by Crippen LogP contribution is 2.14. The smallest absolute Gasteiger partial charge is 0.241 e. The zero-order chi connectivity index (χ0) is 11.5. The third kappa shape index (κ3) is 4.10. The van der Waals surface area contributed by atoms with Crippen molar-refractivity contribution < 1.29 is 9.90 Å². The first-order chi connectivity index (χ1) is 7.66. The van der Waals surface area contributed by atoms with E-state index in [0.717, 1.165) is 11.3 Å². The summed E-state index contributed by atoms with van der Waals surface area (Å²) < 4.78 is 0. The number of carbonyl (C=O) groups is 1. The largest absolute Gasteiger partial charge is 0.392 e. The number of carbonyl (C=O) groups excluding carboxylic acids is 1. The summed E-state index contributed by atoms with van der Waals surface area (Å²) in [7, 11) is 0. The van der Waals surface area contributed by atoms with Crippen LogP contribution < -0.4 is 10.6 Å². The zero-order valence-electron chi connectivity index (χ0n) is 9.92. The lowest BCUT2D eigenvalue weighted by Gasteiger charge is -2.12. The van der Waals surface area contributed by atoms with Crippen molar-refractivity contribution in [1.29, 1.82) is 0 Å². The summed E-state index contributed by atoms with van der Waals surface area (Å²) in [6.07, 6.45) is 3.34. The SMILES string of the molecule is Cc1ccncc1NC(=O)C1CC(O)CN1.Cl.Cl. The van der Waals surface area contributed by atoms with Crippen LogP contribution in [0, 0.1) is 6.92 Å². The van der Waals surface area contributed by atoms with Crippen LogP contribution >= 0.6 is 24.8 Å². The topological polar surface area (TPSA) is 74.2 Å². The highest BCUT2D eigenvalue weighted by atomic mass is 35.5. The van der Waals surface area contributed by atoms with Gasteiger partial charge in [0.25, 0.3) is 0 Å². The number of nitrogens with zero attached hydrogens (tertiary/aromatic N) is 1. The maximum atomic E-state index is 11.8. The van der Waals surface area contributed by atoms with Gasteiger partial charge >= 0.3 is 0 Å². The molecule has 0 radical (unpaired) electrons. The van der Waals surface area contributed by atoms with E-state index in [0.29, 0.717) is 13.0 Å². The number of aliphatic hydroxyl groups is 1. The molecule has 0 spiro atoms. The number of hydrogen-bond acceptors (Lipinski definition) is 4. The fourth-order valence-electron chi connectivity index (χ4n) is 1.73. The van der Waals surface area contributed by atoms with E-state index >= 15 is 0 Å². The molecule has 1 fully saturated rings. The number of halogens is 2. The van der Waals surface area contributed by atoms with Gasteiger partial charge in [-0.1, -0.05) is 0 Å². The molecular weight excluding hydrogens is 277 g/mol. The summed E-state index contributed by atoms with van der Waals surface area (Å²) in [4.78, 5) is 15.8. The van der Waals surface area contributed by atoms with Gasteiger partial charge in [-0.3, -0.25) is 9.78 Å². The summed E-state index contributed by atoms with van der Waals surface area (Å²) in [5.41, 5.74) is 1.69. The minimum atomic E-state index is -0.425. The average molecular weight is 294 g/mol. The number of β-amino-alcohol motifs (C(OH)–C–C–N with tert-alkyl or cyclic N) is 1. The van der Waals surface area contributed by atoms with E-state index in [2.05, 4.69) is 15.6 Å². The molecule has 1 aromatic heterocycles. The molecule has 1 aliphatic rings. The van der Waals surface area contributed by atoms with Gasteiger partial charge in [0.1, 0.15) is 0 Å². The molecule has 2 heterocycles. The van der Waals surface area contributed by atoms with Crippen molar-refractivity contribution in [2.75, 3.05) is 11.9 Å². The molecule has 0 bridgehead atoms. The molecule has 1 amide bonds. The first kappa shape index (κ1) is 17.1. The van der Waals surface area contributed by atoms with Crippen LogP contribution in [0.4, 0.5) is 5.69 Å². The molecule has 0 aliphatic carbocycles. The number of pyridine rings is 1. The molecule has 18 heavy (non-hydrogen) atoms. The number of rotatable bonds is 2. The van der Waals surface area contributed by atoms with Crippen LogP contribution in [-0.4, -0.2) is 34.7 Å². The average Bonchev–Trinajstić information content (AvgIpc) is 2.68. The Bertz CT molecular complexity index is 404. The van der Waals surface area contributed by atoms with Gasteiger partial charge in [0.05, 0.1) is 24.0 Å². The second-order valence-corrected chi connectivity index (χ2v) is 4.03. The third-order valence-corrected chi connectivity index (χ3v) is 2.72. The van der Waals surface area contributed by atoms with Crippen LogP contribution in [0.5, 0.6) is 0 Å². The van der Waals surface area contributed by atoms with Crippen LogP contribution in [-0.2, 0) is 4.79 Å². The monoisotopic (exact) mass is 293 g/mol. The molecular formula is C11H17Cl2N3O2. The third-order valence-electron chi connectivity index (χ3n) is 2.72. The Morgan fingerprint density at radius 2 is 2.28 bits per heavy atom. The summed E-state index contributed by atoms with van der Waals surface area (Å²) in [6.45, 7) is 2.39. The predicted octanol–water partition coefficient (Wildman–Crippen LogP) is 0.895. The molecule has 2 rings (SSSR count). The second-order valence-electron chi connectivity index (χ2n) is 4.03. The zero-order valence-corrected chi connectivity index (χ0v) is 11.6. The van der Waals surface area contributed by atoms with Gasteiger partial charge in [0.15, 0.2) is 0 Å². The van der Waals surface area contributed by atoms with E-state index in [-0.39, 0.29) is 36.8 Å². The molecule has 3 N–H and O–H groups in total. The lowest BCUT2D eigenvalue weighted by Crippen LogP contribution is -2.35. The second kappa shape index (κ2) is 7.53. The summed E-state index contributed by atoms with van der Waals surface area (Å²) >= 11 is 0. The molecule has 1 aliphatic heterocycles. The maximum absolute atomic E-state index is 11.8. The maximum Gasteiger partial charge on any atom is 0.241 e. The number of amides is 1. The molecule has 2 atom stereocenters. The van der Waals surface area contributed by atoms with Crippen molar-refractivity contribution >= 4 is 36.4 Å². The first-order valence-corrected chi connectivity index (χ1v) is 5.30. The van der Waals surface area contributed by atoms with Crippen molar-refractivity contribution in [3.8, 4) is 0 Å². The highest BCUT2D eigenvalue weighted by molar-refractivity contribution is 5.95. The van der Waals surface area contributed by atoms with Gasteiger partial charge in [-0.25, -0.2) is 0 Å². The minimum absolute atomic E-state index is 0. The van der Waals surface area contributed by atoms with Gasteiger partial charge in [0, 0.05) is 12.7 Å². The van der Waals surface area contributed by atoms with Crippen LogP contribution in [0.25, 0.3) is 0 Å². The van der Waals surface area contributed by atoms with Gasteiger partial charge in [-0.15, -0.1) is 24.8 Å². The van der Waals surface area contributed by atoms with Crippen molar-refractivity contribution in [3.63, 3.8) is 0 Å². The van der Waals surface area contributed by atoms with Crippen molar-refractivity contribution in [2.24, 2.45) is 0 Å². The lowest BCUT2D eigenvalue weighted by atomic mass is 10.2. The summed E-state index contributed by atoms with van der Waals surface area (Å²) in [5, 5.41) is 15.1. The fraction of sp³-hybridized carbons (Fsp3) is 0.455. The Balaban J connectivity index is 0.00000144. The number of aliphatic hydroxyl groups excluding tert-OH is 1. The van der Waals surface area contributed by atoms with Crippen molar-refractivity contribution in [2.45, 2.75) is 25.5 Å². The fourth-order valence-corrected chi connectivity index (χ4v) is 1.73. The number of aryl methyl sites for hydroxylation is 1. The normalized spacial score (nSPS) is 21.7. The molecule has 2 unspecified atom stereocenters. The van der Waals surface area contributed by atoms with E-state index < -0.39 is 6.10 Å². The van der Waals surface area contributed by atoms with Gasteiger partial charge in [0.2, 0.25) is 5.91 Å². The van der Waals surface area contributed by atoms with Crippen LogP contribution in [0.3, 0.4) is 0 Å². The van der Waals surface area contributed by atoms with E-state index in [1.54, 1.807) is 12.4 Å². The molecule has 1 aromatic rings. The summed E-state index contributed by atoms with van der Waals surface area (Å²) in [5.74, 6) is -0.118. The van der Waals surface area contributed by atoms with Crippen LogP contribution in [0.15, 0.2) is 18.5 Å². The first-order valence-electron chi connectivity index (χ1n) is 5.30. The molecule has 5 nitrogen and oxygen atoms in total. The number of anilines is 1. The highest BCUT2D eigenvalue weighted by Gasteiger charge is 2.28. The molecule has 1 saturated heterocycles. The van der Waals surface area contributed by atoms with E-state index in [9.17, 15) is 9.90 Å². The number of hydrogen-bond donors (Lipinski definition) is 3. The molecule has 0 aromatic carbocycles.